The van der Waals surface area contributed by atoms with Crippen LogP contribution in [-0.2, 0) is 9.47 Å². The number of esters is 1. The van der Waals surface area contributed by atoms with E-state index in [1.807, 2.05) is 36.4 Å². The van der Waals surface area contributed by atoms with Crippen LogP contribution in [0, 0.1) is 0 Å². The smallest absolute Gasteiger partial charge is 0.411 e. The zero-order chi connectivity index (χ0) is 17.2. The Bertz CT molecular complexity index is 710. The second kappa shape index (κ2) is 9.15. The van der Waals surface area contributed by atoms with Gasteiger partial charge in [-0.15, -0.1) is 0 Å². The number of amides is 1. The Kier molecular flexibility index (Phi) is 6.58. The summed E-state index contributed by atoms with van der Waals surface area (Å²) in [7, 11) is 0. The molecule has 0 aliphatic heterocycles. The van der Waals surface area contributed by atoms with E-state index in [9.17, 15) is 9.59 Å². The van der Waals surface area contributed by atoms with Crippen LogP contribution in [0.4, 0.5) is 10.5 Å². The van der Waals surface area contributed by atoms with Crippen LogP contribution in [0.5, 0.6) is 0 Å². The monoisotopic (exact) mass is 325 g/mol. The summed E-state index contributed by atoms with van der Waals surface area (Å²) >= 11 is 0. The first kappa shape index (κ1) is 17.3. The Morgan fingerprint density at radius 3 is 2.58 bits per heavy atom. The molecule has 0 unspecified atom stereocenters. The highest BCUT2D eigenvalue weighted by atomic mass is 16.5. The summed E-state index contributed by atoms with van der Waals surface area (Å²) in [6.45, 7) is 2.17. The van der Waals surface area contributed by atoms with Gasteiger partial charge in [0.05, 0.1) is 12.2 Å². The topological polar surface area (TPSA) is 64.6 Å². The van der Waals surface area contributed by atoms with Crippen LogP contribution in [0.15, 0.2) is 60.7 Å². The van der Waals surface area contributed by atoms with Gasteiger partial charge in [0.1, 0.15) is 6.61 Å². The minimum atomic E-state index is -0.561. The first-order chi connectivity index (χ1) is 11.7. The zero-order valence-corrected chi connectivity index (χ0v) is 13.4. The van der Waals surface area contributed by atoms with Crippen LogP contribution in [0.1, 0.15) is 22.8 Å². The number of benzene rings is 2. The molecule has 0 aliphatic rings. The van der Waals surface area contributed by atoms with E-state index in [-0.39, 0.29) is 13.2 Å². The molecule has 1 N–H and O–H groups in total. The summed E-state index contributed by atoms with van der Waals surface area (Å²) in [5, 5.41) is 2.54. The Morgan fingerprint density at radius 2 is 1.83 bits per heavy atom. The van der Waals surface area contributed by atoms with Crippen molar-refractivity contribution in [1.29, 1.82) is 0 Å². The molecule has 0 spiro atoms. The number of hydrogen-bond acceptors (Lipinski definition) is 4. The van der Waals surface area contributed by atoms with Crippen molar-refractivity contribution < 1.29 is 19.1 Å². The van der Waals surface area contributed by atoms with Crippen molar-refractivity contribution in [2.75, 3.05) is 18.5 Å². The van der Waals surface area contributed by atoms with Gasteiger partial charge in [-0.05, 0) is 36.8 Å². The third-order valence-electron chi connectivity index (χ3n) is 3.04. The van der Waals surface area contributed by atoms with Crippen molar-refractivity contribution >= 4 is 23.8 Å². The zero-order valence-electron chi connectivity index (χ0n) is 13.4. The maximum Gasteiger partial charge on any atom is 0.411 e. The van der Waals surface area contributed by atoms with Crippen LogP contribution >= 0.6 is 0 Å². The fraction of sp³-hybridized carbons (Fsp3) is 0.158. The lowest BCUT2D eigenvalue weighted by molar-refractivity contribution is 0.0550. The van der Waals surface area contributed by atoms with Crippen molar-refractivity contribution in [2.24, 2.45) is 0 Å². The lowest BCUT2D eigenvalue weighted by Crippen LogP contribution is -2.14. The third kappa shape index (κ3) is 5.61. The van der Waals surface area contributed by atoms with Crippen LogP contribution < -0.4 is 5.32 Å². The van der Waals surface area contributed by atoms with E-state index in [0.717, 1.165) is 5.56 Å². The van der Waals surface area contributed by atoms with Gasteiger partial charge in [-0.2, -0.15) is 0 Å². The van der Waals surface area contributed by atoms with Gasteiger partial charge in [0.25, 0.3) is 0 Å². The van der Waals surface area contributed by atoms with Crippen LogP contribution in [-0.4, -0.2) is 25.3 Å². The molecule has 5 heteroatoms. The summed E-state index contributed by atoms with van der Waals surface area (Å²) in [5.41, 5.74) is 1.87. The first-order valence-corrected chi connectivity index (χ1v) is 7.61. The fourth-order valence-electron chi connectivity index (χ4n) is 1.96. The van der Waals surface area contributed by atoms with Crippen molar-refractivity contribution in [3.8, 4) is 0 Å². The molecule has 24 heavy (non-hydrogen) atoms. The number of carbonyl (C=O) groups is 2. The number of nitrogens with one attached hydrogen (secondary N) is 1. The van der Waals surface area contributed by atoms with Gasteiger partial charge >= 0.3 is 12.1 Å². The average Bonchev–Trinajstić information content (AvgIpc) is 2.60. The number of ether oxygens (including phenoxy) is 2. The molecule has 2 aromatic rings. The highest BCUT2D eigenvalue weighted by Crippen LogP contribution is 2.12. The lowest BCUT2D eigenvalue weighted by Gasteiger charge is -2.07. The summed E-state index contributed by atoms with van der Waals surface area (Å²) in [6, 6.07) is 16.2. The number of anilines is 1. The maximum absolute atomic E-state index is 12.0. The number of rotatable bonds is 6. The molecule has 2 rings (SSSR count). The van der Waals surface area contributed by atoms with Crippen molar-refractivity contribution in [3.63, 3.8) is 0 Å². The Hall–Kier alpha value is -3.08. The summed E-state index contributed by atoms with van der Waals surface area (Å²) in [5.74, 6) is -0.458. The molecule has 124 valence electrons. The first-order valence-electron chi connectivity index (χ1n) is 7.61. The van der Waals surface area contributed by atoms with E-state index < -0.39 is 12.1 Å². The Labute approximate surface area is 140 Å². The van der Waals surface area contributed by atoms with Crippen molar-refractivity contribution in [3.05, 3.63) is 71.8 Å². The van der Waals surface area contributed by atoms with E-state index in [1.54, 1.807) is 37.3 Å². The maximum atomic E-state index is 12.0. The molecule has 5 nitrogen and oxygen atoms in total. The molecule has 0 aromatic heterocycles. The largest absolute Gasteiger partial charge is 0.458 e. The van der Waals surface area contributed by atoms with Gasteiger partial charge in [0.2, 0.25) is 0 Å². The van der Waals surface area contributed by atoms with Crippen LogP contribution in [0.3, 0.4) is 0 Å². The molecule has 0 saturated heterocycles. The summed E-state index contributed by atoms with van der Waals surface area (Å²) in [4.78, 5) is 23.4. The van der Waals surface area contributed by atoms with Gasteiger partial charge in [0, 0.05) is 5.69 Å². The standard InChI is InChI=1S/C19H19NO4/c1-2-23-19(22)20-17-12-6-11-16(14-17)18(21)24-13-7-10-15-8-4-3-5-9-15/h3-12,14H,2,13H2,1H3,(H,20,22)/b10-7+. The quantitative estimate of drug-likeness (QED) is 0.811. The molecule has 2 aromatic carbocycles. The fourth-order valence-corrected chi connectivity index (χ4v) is 1.96. The third-order valence-corrected chi connectivity index (χ3v) is 3.04. The molecule has 0 radical (unpaired) electrons. The Morgan fingerprint density at radius 1 is 1.04 bits per heavy atom. The van der Waals surface area contributed by atoms with E-state index in [4.69, 9.17) is 9.47 Å². The molecule has 0 atom stereocenters. The number of carbonyl (C=O) groups excluding carboxylic acids is 2. The highest BCUT2D eigenvalue weighted by molar-refractivity contribution is 5.92. The lowest BCUT2D eigenvalue weighted by atomic mass is 10.2. The molecule has 0 aliphatic carbocycles. The van der Waals surface area contributed by atoms with E-state index in [2.05, 4.69) is 5.32 Å². The van der Waals surface area contributed by atoms with Gasteiger partial charge in [0.15, 0.2) is 0 Å². The molecule has 0 bridgehead atoms. The minimum Gasteiger partial charge on any atom is -0.458 e. The van der Waals surface area contributed by atoms with E-state index in [0.29, 0.717) is 11.3 Å². The van der Waals surface area contributed by atoms with Crippen LogP contribution in [0.25, 0.3) is 6.08 Å². The van der Waals surface area contributed by atoms with Crippen molar-refractivity contribution in [1.82, 2.24) is 0 Å². The molecular formula is C19H19NO4. The molecule has 1 amide bonds. The van der Waals surface area contributed by atoms with Crippen LogP contribution in [0.2, 0.25) is 0 Å². The van der Waals surface area contributed by atoms with Gasteiger partial charge < -0.3 is 9.47 Å². The molecule has 0 saturated carbocycles. The summed E-state index contributed by atoms with van der Waals surface area (Å²) < 4.78 is 9.98. The van der Waals surface area contributed by atoms with E-state index in [1.165, 1.54) is 0 Å². The second-order valence-corrected chi connectivity index (χ2v) is 4.84. The summed E-state index contributed by atoms with van der Waals surface area (Å²) in [6.07, 6.45) is 3.09. The van der Waals surface area contributed by atoms with Gasteiger partial charge in [-0.25, -0.2) is 9.59 Å². The minimum absolute atomic E-state index is 0.170. The Balaban J connectivity index is 1.88. The molecule has 0 fully saturated rings. The van der Waals surface area contributed by atoms with Crippen molar-refractivity contribution in [2.45, 2.75) is 6.92 Å². The predicted molar refractivity (Wildman–Crippen MR) is 92.8 cm³/mol. The SMILES string of the molecule is CCOC(=O)Nc1cccc(C(=O)OC/C=C/c2ccccc2)c1. The number of hydrogen-bond donors (Lipinski definition) is 1. The normalized spacial score (nSPS) is 10.4. The highest BCUT2D eigenvalue weighted by Gasteiger charge is 2.08. The van der Waals surface area contributed by atoms with Gasteiger partial charge in [-0.1, -0.05) is 42.5 Å². The predicted octanol–water partition coefficient (Wildman–Crippen LogP) is 4.13. The van der Waals surface area contributed by atoms with E-state index >= 15 is 0 Å². The molecular weight excluding hydrogens is 306 g/mol. The molecule has 0 heterocycles. The van der Waals surface area contributed by atoms with Gasteiger partial charge in [-0.3, -0.25) is 5.32 Å². The average molecular weight is 325 g/mol. The second-order valence-electron chi connectivity index (χ2n) is 4.84.